The van der Waals surface area contributed by atoms with Crippen molar-refractivity contribution in [3.05, 3.63) is 12.3 Å². The molecule has 0 nitrogen and oxygen atoms in total. The van der Waals surface area contributed by atoms with Crippen LogP contribution < -0.4 is 0 Å². The van der Waals surface area contributed by atoms with E-state index < -0.39 is 8.11 Å². The first kappa shape index (κ1) is 5.25. The highest BCUT2D eigenvalue weighted by Crippen LogP contribution is 1.84. The van der Waals surface area contributed by atoms with E-state index in [0.29, 0.717) is 0 Å². The van der Waals surface area contributed by atoms with Crippen molar-refractivity contribution < 1.29 is 0 Å². The summed E-state index contributed by atoms with van der Waals surface area (Å²) >= 11 is 5.45. The van der Waals surface area contributed by atoms with Crippen molar-refractivity contribution in [3.8, 4) is 0 Å². The Hall–Kier alpha value is 0.247. The van der Waals surface area contributed by atoms with Gasteiger partial charge in [0.1, 0.15) is 0 Å². The fraction of sp³-hybridized carbons (Fsp3) is 0.333. The Balaban J connectivity index is 2.83. The largest absolute Gasteiger partial charge is 0.188 e. The predicted molar refractivity (Wildman–Crippen MR) is 27.7 cm³/mol. The maximum atomic E-state index is 5.45. The Morgan fingerprint density at radius 1 is 2.00 bits per heavy atom. The summed E-state index contributed by atoms with van der Waals surface area (Å²) in [5, 5.41) is 0. The zero-order chi connectivity index (χ0) is 4.28. The molecule has 1 radical (unpaired) electrons. The van der Waals surface area contributed by atoms with Gasteiger partial charge in [-0.2, -0.15) is 11.1 Å². The number of hydrogen-bond acceptors (Lipinski definition) is 0. The van der Waals surface area contributed by atoms with E-state index in [1.807, 2.05) is 6.55 Å². The third-order valence-corrected chi connectivity index (χ3v) is 1.31. The molecule has 0 aliphatic heterocycles. The lowest BCUT2D eigenvalue weighted by atomic mass is 11.3. The average Bonchev–Trinajstić information content (AvgIpc) is 1.38. The van der Waals surface area contributed by atoms with Gasteiger partial charge in [-0.15, -0.1) is 6.58 Å². The van der Waals surface area contributed by atoms with E-state index in [-0.39, 0.29) is 0 Å². The molecule has 0 spiro atoms. The zero-order valence-electron chi connectivity index (χ0n) is 3.16. The van der Waals surface area contributed by atoms with E-state index in [1.54, 1.807) is 5.70 Å². The lowest BCUT2D eigenvalue weighted by molar-refractivity contribution is 2.23. The molecule has 0 fully saturated rings. The summed E-state index contributed by atoms with van der Waals surface area (Å²) in [4.78, 5) is 0. The van der Waals surface area contributed by atoms with Gasteiger partial charge in [-0.05, 0) is 0 Å². The minimum absolute atomic E-state index is 0.638. The summed E-state index contributed by atoms with van der Waals surface area (Å²) in [6.07, 6.45) is 0. The molecule has 0 aromatic carbocycles. The van der Waals surface area contributed by atoms with Crippen LogP contribution >= 0.6 is 11.1 Å². The molecule has 29 valence electrons. The number of rotatable bonds is 1. The Kier molecular flexibility index (Phi) is 2.60. The summed E-state index contributed by atoms with van der Waals surface area (Å²) < 4.78 is 0. The number of halogens is 1. The second-order valence-electron chi connectivity index (χ2n) is 0.791. The molecule has 2 heteroatoms. The molecule has 5 heavy (non-hydrogen) atoms. The molecule has 0 aromatic rings. The summed E-state index contributed by atoms with van der Waals surface area (Å²) in [7, 11) is -0.638. The lowest BCUT2D eigenvalue weighted by Crippen LogP contribution is -1.84. The highest BCUT2D eigenvalue weighted by atomic mass is 35.6. The van der Waals surface area contributed by atoms with Gasteiger partial charge in [-0.25, -0.2) is 0 Å². The van der Waals surface area contributed by atoms with E-state index >= 15 is 0 Å². The van der Waals surface area contributed by atoms with Crippen LogP contribution in [0.5, 0.6) is 0 Å². The van der Waals surface area contributed by atoms with Crippen LogP contribution in [0.3, 0.4) is 0 Å². The van der Waals surface area contributed by atoms with E-state index in [2.05, 4.69) is 6.58 Å². The molecule has 0 amide bonds. The van der Waals surface area contributed by atoms with Crippen molar-refractivity contribution in [2.75, 3.05) is 0 Å². The molecule has 0 aliphatic carbocycles. The highest BCUT2D eigenvalue weighted by Gasteiger charge is 1.83. The van der Waals surface area contributed by atoms with E-state index in [9.17, 15) is 0 Å². The standard InChI is InChI=1S/C3H6ClSi/c1-3-5(2)4/h3H,1H2,2H3. The van der Waals surface area contributed by atoms with E-state index in [4.69, 9.17) is 11.1 Å². The molecular formula is C3H6ClSi. The second-order valence-corrected chi connectivity index (χ2v) is 4.16. The van der Waals surface area contributed by atoms with Gasteiger partial charge >= 0.3 is 0 Å². The van der Waals surface area contributed by atoms with Crippen molar-refractivity contribution in [1.29, 1.82) is 0 Å². The van der Waals surface area contributed by atoms with Crippen molar-refractivity contribution in [1.82, 2.24) is 0 Å². The molecule has 0 unspecified atom stereocenters. The quantitative estimate of drug-likeness (QED) is 0.351. The summed E-state index contributed by atoms with van der Waals surface area (Å²) in [6, 6.07) is 0. The molecule has 0 saturated heterocycles. The summed E-state index contributed by atoms with van der Waals surface area (Å²) in [5.41, 5.74) is 1.78. The molecule has 0 N–H and O–H groups in total. The molecule has 0 saturated carbocycles. The van der Waals surface area contributed by atoms with Gasteiger partial charge in [0.05, 0.1) is 0 Å². The van der Waals surface area contributed by atoms with Crippen LogP contribution in [-0.2, 0) is 0 Å². The first-order valence-corrected chi connectivity index (χ1v) is 4.48. The van der Waals surface area contributed by atoms with Crippen LogP contribution in [0.15, 0.2) is 12.3 Å². The first-order chi connectivity index (χ1) is 2.27. The van der Waals surface area contributed by atoms with Gasteiger partial charge < -0.3 is 0 Å². The van der Waals surface area contributed by atoms with Crippen LogP contribution in [-0.4, -0.2) is 8.11 Å². The topological polar surface area (TPSA) is 0 Å². The molecule has 0 aliphatic rings. The van der Waals surface area contributed by atoms with Crippen LogP contribution in [0, 0.1) is 0 Å². The van der Waals surface area contributed by atoms with Crippen molar-refractivity contribution in [3.63, 3.8) is 0 Å². The third-order valence-electron chi connectivity index (χ3n) is 0.281. The maximum Gasteiger partial charge on any atom is 0.188 e. The highest BCUT2D eigenvalue weighted by molar-refractivity contribution is 7.09. The van der Waals surface area contributed by atoms with Gasteiger partial charge in [0.2, 0.25) is 0 Å². The van der Waals surface area contributed by atoms with Gasteiger partial charge in [0.15, 0.2) is 8.11 Å². The van der Waals surface area contributed by atoms with Crippen LogP contribution in [0.4, 0.5) is 0 Å². The number of hydrogen-bond donors (Lipinski definition) is 0. The molecule has 0 atom stereocenters. The minimum atomic E-state index is -0.638. The second kappa shape index (κ2) is 2.48. The monoisotopic (exact) mass is 105 g/mol. The van der Waals surface area contributed by atoms with E-state index in [1.165, 1.54) is 0 Å². The Labute approximate surface area is 38.8 Å². The van der Waals surface area contributed by atoms with Gasteiger partial charge in [-0.3, -0.25) is 0 Å². The zero-order valence-corrected chi connectivity index (χ0v) is 4.92. The Bertz CT molecular complexity index is 33.9. The molecule has 0 rings (SSSR count). The molecule has 0 bridgehead atoms. The molecule has 0 heterocycles. The average molecular weight is 106 g/mol. The van der Waals surface area contributed by atoms with Gasteiger partial charge in [0.25, 0.3) is 0 Å². The van der Waals surface area contributed by atoms with Crippen LogP contribution in [0.1, 0.15) is 0 Å². The maximum absolute atomic E-state index is 5.45. The molecule has 0 aromatic heterocycles. The van der Waals surface area contributed by atoms with Gasteiger partial charge in [0, 0.05) is 0 Å². The van der Waals surface area contributed by atoms with Crippen molar-refractivity contribution >= 4 is 19.2 Å². The normalized spacial score (nSPS) is 8.60. The van der Waals surface area contributed by atoms with Crippen molar-refractivity contribution in [2.24, 2.45) is 0 Å². The smallest absolute Gasteiger partial charge is 0.164 e. The predicted octanol–water partition coefficient (Wildman–Crippen LogP) is 1.57. The summed E-state index contributed by atoms with van der Waals surface area (Å²) in [5.74, 6) is 0. The fourth-order valence-electron chi connectivity index (χ4n) is 0. The van der Waals surface area contributed by atoms with Crippen LogP contribution in [0.25, 0.3) is 0 Å². The summed E-state index contributed by atoms with van der Waals surface area (Å²) in [6.45, 7) is 5.44. The van der Waals surface area contributed by atoms with E-state index in [0.717, 1.165) is 0 Å². The van der Waals surface area contributed by atoms with Gasteiger partial charge in [-0.1, -0.05) is 12.2 Å². The van der Waals surface area contributed by atoms with Crippen LogP contribution in [0.2, 0.25) is 6.55 Å². The van der Waals surface area contributed by atoms with Crippen molar-refractivity contribution in [2.45, 2.75) is 6.55 Å². The minimum Gasteiger partial charge on any atom is -0.164 e. The Morgan fingerprint density at radius 3 is 2.20 bits per heavy atom. The first-order valence-electron chi connectivity index (χ1n) is 1.39. The SMILES string of the molecule is C=C[Si](C)Cl. The fourth-order valence-corrected chi connectivity index (χ4v) is 0. The molecular weight excluding hydrogens is 99.6 g/mol. The Morgan fingerprint density at radius 2 is 2.20 bits per heavy atom. The third kappa shape index (κ3) is 4.25. The lowest BCUT2D eigenvalue weighted by Gasteiger charge is -1.76.